The number of rotatable bonds is 5. The molecule has 4 nitrogen and oxygen atoms in total. The number of nitrogens with zero attached hydrogens (tertiary/aromatic N) is 2. The molecule has 0 spiro atoms. The van der Waals surface area contributed by atoms with Crippen molar-refractivity contribution in [3.63, 3.8) is 0 Å². The first-order chi connectivity index (χ1) is 10.4. The van der Waals surface area contributed by atoms with Crippen LogP contribution in [0.15, 0.2) is 34.4 Å². The molecule has 22 heavy (non-hydrogen) atoms. The molecule has 0 aliphatic heterocycles. The Morgan fingerprint density at radius 2 is 2.14 bits per heavy atom. The number of aromatic nitrogens is 1. The van der Waals surface area contributed by atoms with E-state index < -0.39 is 0 Å². The van der Waals surface area contributed by atoms with Crippen molar-refractivity contribution in [3.8, 4) is 0 Å². The predicted octanol–water partition coefficient (Wildman–Crippen LogP) is 3.31. The molecule has 0 bridgehead atoms. The average molecular weight is 339 g/mol. The first-order valence-electron chi connectivity index (χ1n) is 7.07. The molecule has 0 aliphatic carbocycles. The van der Waals surface area contributed by atoms with Crippen molar-refractivity contribution in [1.82, 2.24) is 9.47 Å². The molecule has 2 aromatic rings. The summed E-state index contributed by atoms with van der Waals surface area (Å²) in [5, 5.41) is 2.42. The van der Waals surface area contributed by atoms with Gasteiger partial charge in [-0.05, 0) is 38.5 Å². The Morgan fingerprint density at radius 3 is 2.68 bits per heavy atom. The highest BCUT2D eigenvalue weighted by Gasteiger charge is 2.19. The highest BCUT2D eigenvalue weighted by molar-refractivity contribution is 7.07. The van der Waals surface area contributed by atoms with Gasteiger partial charge in [0.2, 0.25) is 5.91 Å². The lowest BCUT2D eigenvalue weighted by molar-refractivity contribution is -0.134. The van der Waals surface area contributed by atoms with Gasteiger partial charge in [0.15, 0.2) is 0 Å². The molecular formula is C16H19ClN2O2S. The van der Waals surface area contributed by atoms with Gasteiger partial charge in [-0.1, -0.05) is 35.1 Å². The standard InChI is InChI=1S/C16H19ClN2O2S/c1-11(2)18(8-13-5-4-6-14(17)7-13)15(20)9-19-12(3)10-22-16(19)21/h4-7,10-11H,8-9H2,1-3H3. The van der Waals surface area contributed by atoms with Crippen molar-refractivity contribution >= 4 is 28.8 Å². The van der Waals surface area contributed by atoms with E-state index in [2.05, 4.69) is 0 Å². The van der Waals surface area contributed by atoms with E-state index in [4.69, 9.17) is 11.6 Å². The van der Waals surface area contributed by atoms with E-state index in [1.54, 1.807) is 16.3 Å². The largest absolute Gasteiger partial charge is 0.334 e. The molecule has 1 heterocycles. The number of aryl methyl sites for hydroxylation is 1. The first kappa shape index (κ1) is 16.8. The van der Waals surface area contributed by atoms with Crippen molar-refractivity contribution in [3.05, 3.63) is 55.6 Å². The summed E-state index contributed by atoms with van der Waals surface area (Å²) in [6.07, 6.45) is 0. The molecule has 0 N–H and O–H groups in total. The minimum Gasteiger partial charge on any atom is -0.334 e. The van der Waals surface area contributed by atoms with E-state index in [9.17, 15) is 9.59 Å². The Balaban J connectivity index is 2.17. The molecule has 0 unspecified atom stereocenters. The quantitative estimate of drug-likeness (QED) is 0.839. The van der Waals surface area contributed by atoms with E-state index in [0.29, 0.717) is 11.6 Å². The minimum atomic E-state index is -0.0997. The van der Waals surface area contributed by atoms with E-state index in [-0.39, 0.29) is 23.4 Å². The Kier molecular flexibility index (Phi) is 5.42. The number of hydrogen-bond acceptors (Lipinski definition) is 3. The van der Waals surface area contributed by atoms with Crippen LogP contribution in [0.2, 0.25) is 5.02 Å². The Morgan fingerprint density at radius 1 is 1.41 bits per heavy atom. The van der Waals surface area contributed by atoms with Gasteiger partial charge in [0.05, 0.1) is 0 Å². The first-order valence-corrected chi connectivity index (χ1v) is 8.33. The number of thiazole rings is 1. The van der Waals surface area contributed by atoms with Crippen LogP contribution in [0.3, 0.4) is 0 Å². The molecule has 6 heteroatoms. The fourth-order valence-electron chi connectivity index (χ4n) is 2.21. The highest BCUT2D eigenvalue weighted by atomic mass is 35.5. The zero-order valence-corrected chi connectivity index (χ0v) is 14.4. The predicted molar refractivity (Wildman–Crippen MR) is 90.5 cm³/mol. The van der Waals surface area contributed by atoms with Gasteiger partial charge < -0.3 is 4.90 Å². The lowest BCUT2D eigenvalue weighted by Gasteiger charge is -2.27. The van der Waals surface area contributed by atoms with Crippen LogP contribution in [-0.4, -0.2) is 21.4 Å². The van der Waals surface area contributed by atoms with Crippen LogP contribution in [-0.2, 0) is 17.9 Å². The average Bonchev–Trinajstić information content (AvgIpc) is 2.76. The number of hydrogen-bond donors (Lipinski definition) is 0. The molecule has 2 rings (SSSR count). The SMILES string of the molecule is Cc1csc(=O)n1CC(=O)N(Cc1cccc(Cl)c1)C(C)C. The van der Waals surface area contributed by atoms with E-state index in [1.807, 2.05) is 39.0 Å². The summed E-state index contributed by atoms with van der Waals surface area (Å²) in [5.41, 5.74) is 1.79. The van der Waals surface area contributed by atoms with Gasteiger partial charge in [0.25, 0.3) is 0 Å². The molecule has 0 fully saturated rings. The van der Waals surface area contributed by atoms with Gasteiger partial charge in [-0.2, -0.15) is 0 Å². The van der Waals surface area contributed by atoms with Gasteiger partial charge >= 0.3 is 4.87 Å². The zero-order chi connectivity index (χ0) is 16.3. The van der Waals surface area contributed by atoms with Crippen LogP contribution in [0, 0.1) is 6.92 Å². The number of halogens is 1. The maximum Gasteiger partial charge on any atom is 0.307 e. The Hall–Kier alpha value is -1.59. The Labute approximate surface area is 138 Å². The summed E-state index contributed by atoms with van der Waals surface area (Å²) < 4.78 is 1.51. The number of amides is 1. The fourth-order valence-corrected chi connectivity index (χ4v) is 3.16. The van der Waals surface area contributed by atoms with Crippen molar-refractivity contribution in [2.75, 3.05) is 0 Å². The van der Waals surface area contributed by atoms with Gasteiger partial charge in [-0.15, -0.1) is 0 Å². The zero-order valence-electron chi connectivity index (χ0n) is 12.9. The highest BCUT2D eigenvalue weighted by Crippen LogP contribution is 2.15. The summed E-state index contributed by atoms with van der Waals surface area (Å²) in [4.78, 5) is 26.0. The molecule has 0 saturated carbocycles. The number of carbonyl (C=O) groups is 1. The molecule has 1 aromatic heterocycles. The summed E-state index contributed by atoms with van der Waals surface area (Å²) in [5.74, 6) is -0.0708. The molecule has 0 atom stereocenters. The van der Waals surface area contributed by atoms with Crippen LogP contribution in [0.1, 0.15) is 25.1 Å². The van der Waals surface area contributed by atoms with Gasteiger partial charge in [-0.3, -0.25) is 14.2 Å². The minimum absolute atomic E-state index is 0.0427. The third-order valence-electron chi connectivity index (χ3n) is 3.46. The molecule has 1 aromatic carbocycles. The maximum atomic E-state index is 12.6. The molecule has 0 radical (unpaired) electrons. The molecule has 0 saturated heterocycles. The van der Waals surface area contributed by atoms with Gasteiger partial charge in [-0.25, -0.2) is 0 Å². The van der Waals surface area contributed by atoms with Crippen molar-refractivity contribution in [1.29, 1.82) is 0 Å². The molecule has 1 amide bonds. The summed E-state index contributed by atoms with van der Waals surface area (Å²) in [7, 11) is 0. The third kappa shape index (κ3) is 3.99. The second-order valence-corrected chi connectivity index (χ2v) is 6.73. The number of carbonyl (C=O) groups excluding carboxylic acids is 1. The fraction of sp³-hybridized carbons (Fsp3) is 0.375. The van der Waals surface area contributed by atoms with Gasteiger partial charge in [0, 0.05) is 28.7 Å². The van der Waals surface area contributed by atoms with Crippen LogP contribution in [0.4, 0.5) is 0 Å². The second kappa shape index (κ2) is 7.11. The van der Waals surface area contributed by atoms with Crippen LogP contribution in [0.5, 0.6) is 0 Å². The van der Waals surface area contributed by atoms with Crippen molar-refractivity contribution in [2.45, 2.75) is 39.9 Å². The lowest BCUT2D eigenvalue weighted by atomic mass is 10.2. The van der Waals surface area contributed by atoms with Crippen LogP contribution in [0.25, 0.3) is 0 Å². The number of benzene rings is 1. The third-order valence-corrected chi connectivity index (χ3v) is 4.57. The maximum absolute atomic E-state index is 12.6. The lowest BCUT2D eigenvalue weighted by Crippen LogP contribution is -2.39. The smallest absolute Gasteiger partial charge is 0.307 e. The Bertz CT molecular complexity index is 721. The summed E-state index contributed by atoms with van der Waals surface area (Å²) in [6.45, 7) is 6.32. The normalized spacial score (nSPS) is 11.0. The van der Waals surface area contributed by atoms with E-state index in [0.717, 1.165) is 22.6 Å². The molecule has 0 aliphatic rings. The van der Waals surface area contributed by atoms with Crippen molar-refractivity contribution < 1.29 is 4.79 Å². The van der Waals surface area contributed by atoms with Crippen LogP contribution >= 0.6 is 22.9 Å². The molecule has 118 valence electrons. The van der Waals surface area contributed by atoms with E-state index >= 15 is 0 Å². The van der Waals surface area contributed by atoms with Crippen LogP contribution < -0.4 is 4.87 Å². The van der Waals surface area contributed by atoms with Crippen molar-refractivity contribution in [2.24, 2.45) is 0 Å². The molecular weight excluding hydrogens is 320 g/mol. The van der Waals surface area contributed by atoms with Gasteiger partial charge in [0.1, 0.15) is 6.54 Å². The monoisotopic (exact) mass is 338 g/mol. The summed E-state index contributed by atoms with van der Waals surface area (Å²) in [6, 6.07) is 7.51. The topological polar surface area (TPSA) is 42.3 Å². The van der Waals surface area contributed by atoms with E-state index in [1.165, 1.54) is 4.57 Å². The summed E-state index contributed by atoms with van der Waals surface area (Å²) >= 11 is 7.11. The second-order valence-electron chi connectivity index (χ2n) is 5.47.